The molecule has 2 aromatic rings. The Morgan fingerprint density at radius 2 is 2.24 bits per heavy atom. The Balaban J connectivity index is 1.83. The fraction of sp³-hybridized carbons (Fsp3) is 0.300. The lowest BCUT2D eigenvalue weighted by Gasteiger charge is -1.98. The summed E-state index contributed by atoms with van der Waals surface area (Å²) in [6.07, 6.45) is 1.84. The van der Waals surface area contributed by atoms with E-state index < -0.39 is 0 Å². The topological polar surface area (TPSA) is 68.1 Å². The van der Waals surface area contributed by atoms with E-state index in [9.17, 15) is 10.1 Å². The van der Waals surface area contributed by atoms with Crippen LogP contribution in [0.25, 0.3) is 0 Å². The van der Waals surface area contributed by atoms with Gasteiger partial charge < -0.3 is 5.32 Å². The standard InChI is InChI=1S/C10H11N3O2S2/c1-7-4-12-9(16-7)6-11-5-8-2-3-10(17-8)13(14)15/h2-4,11H,5-6H2,1H3. The average molecular weight is 269 g/mol. The Morgan fingerprint density at radius 3 is 2.82 bits per heavy atom. The van der Waals surface area contributed by atoms with Crippen LogP contribution < -0.4 is 5.32 Å². The molecule has 7 heteroatoms. The highest BCUT2D eigenvalue weighted by molar-refractivity contribution is 7.15. The molecule has 2 aromatic heterocycles. The quantitative estimate of drug-likeness (QED) is 0.669. The van der Waals surface area contributed by atoms with E-state index in [1.54, 1.807) is 17.4 Å². The van der Waals surface area contributed by atoms with Gasteiger partial charge in [0.2, 0.25) is 0 Å². The molecule has 0 aliphatic heterocycles. The van der Waals surface area contributed by atoms with Crippen molar-refractivity contribution in [2.24, 2.45) is 0 Å². The highest BCUT2D eigenvalue weighted by Crippen LogP contribution is 2.23. The van der Waals surface area contributed by atoms with Gasteiger partial charge in [-0.2, -0.15) is 0 Å². The van der Waals surface area contributed by atoms with Crippen LogP contribution >= 0.6 is 22.7 Å². The third kappa shape index (κ3) is 3.32. The number of hydrogen-bond donors (Lipinski definition) is 1. The molecule has 0 atom stereocenters. The molecule has 0 radical (unpaired) electrons. The van der Waals surface area contributed by atoms with E-state index in [1.807, 2.05) is 13.1 Å². The van der Waals surface area contributed by atoms with Crippen molar-refractivity contribution in [3.8, 4) is 0 Å². The molecule has 0 fully saturated rings. The Hall–Kier alpha value is -1.31. The second kappa shape index (κ2) is 5.35. The number of nitro groups is 1. The molecule has 5 nitrogen and oxygen atoms in total. The SMILES string of the molecule is Cc1cnc(CNCc2ccc([N+](=O)[O-])s2)s1. The van der Waals surface area contributed by atoms with Crippen LogP contribution in [0, 0.1) is 17.0 Å². The van der Waals surface area contributed by atoms with Gasteiger partial charge >= 0.3 is 5.00 Å². The fourth-order valence-corrected chi connectivity index (χ4v) is 2.88. The molecule has 0 aliphatic carbocycles. The van der Waals surface area contributed by atoms with Crippen LogP contribution in [0.5, 0.6) is 0 Å². The van der Waals surface area contributed by atoms with Crippen LogP contribution in [0.2, 0.25) is 0 Å². The summed E-state index contributed by atoms with van der Waals surface area (Å²) in [5.74, 6) is 0. The van der Waals surface area contributed by atoms with Crippen LogP contribution in [0.4, 0.5) is 5.00 Å². The Labute approximate surface area is 106 Å². The molecule has 0 unspecified atom stereocenters. The Bertz CT molecular complexity index is 521. The van der Waals surface area contributed by atoms with E-state index in [-0.39, 0.29) is 9.92 Å². The summed E-state index contributed by atoms with van der Waals surface area (Å²) < 4.78 is 0. The number of aromatic nitrogens is 1. The minimum atomic E-state index is -0.363. The first-order valence-electron chi connectivity index (χ1n) is 5.00. The van der Waals surface area contributed by atoms with E-state index in [2.05, 4.69) is 10.3 Å². The summed E-state index contributed by atoms with van der Waals surface area (Å²) in [5.41, 5.74) is 0. The van der Waals surface area contributed by atoms with Gasteiger partial charge in [-0.3, -0.25) is 10.1 Å². The van der Waals surface area contributed by atoms with Crippen molar-refractivity contribution in [2.75, 3.05) is 0 Å². The van der Waals surface area contributed by atoms with Gasteiger partial charge in [0.1, 0.15) is 5.01 Å². The maximum atomic E-state index is 10.5. The third-order valence-corrected chi connectivity index (χ3v) is 4.02. The zero-order valence-electron chi connectivity index (χ0n) is 9.17. The minimum absolute atomic E-state index is 0.187. The maximum absolute atomic E-state index is 10.5. The van der Waals surface area contributed by atoms with Gasteiger partial charge in [-0.05, 0) is 13.0 Å². The molecule has 0 saturated heterocycles. The summed E-state index contributed by atoms with van der Waals surface area (Å²) in [6, 6.07) is 3.32. The molecule has 0 aromatic carbocycles. The molecule has 0 aliphatic rings. The van der Waals surface area contributed by atoms with Crippen LogP contribution in [-0.4, -0.2) is 9.91 Å². The molecule has 1 N–H and O–H groups in total. The van der Waals surface area contributed by atoms with Gasteiger partial charge in [0.15, 0.2) is 0 Å². The summed E-state index contributed by atoms with van der Waals surface area (Å²) in [7, 11) is 0. The van der Waals surface area contributed by atoms with Gasteiger partial charge in [-0.25, -0.2) is 4.98 Å². The predicted molar refractivity (Wildman–Crippen MR) is 68.4 cm³/mol. The van der Waals surface area contributed by atoms with Crippen LogP contribution in [0.1, 0.15) is 14.8 Å². The second-order valence-electron chi connectivity index (χ2n) is 3.47. The molecule has 0 amide bonds. The van der Waals surface area contributed by atoms with E-state index >= 15 is 0 Å². The Morgan fingerprint density at radius 1 is 1.41 bits per heavy atom. The van der Waals surface area contributed by atoms with Crippen LogP contribution in [0.3, 0.4) is 0 Å². The van der Waals surface area contributed by atoms with Crippen LogP contribution in [0.15, 0.2) is 18.3 Å². The molecule has 0 bridgehead atoms. The second-order valence-corrected chi connectivity index (χ2v) is 5.93. The summed E-state index contributed by atoms with van der Waals surface area (Å²) >= 11 is 2.86. The minimum Gasteiger partial charge on any atom is -0.306 e. The molecular formula is C10H11N3O2S2. The molecule has 0 spiro atoms. The summed E-state index contributed by atoms with van der Waals surface area (Å²) in [5, 5.41) is 14.9. The van der Waals surface area contributed by atoms with E-state index in [1.165, 1.54) is 22.3 Å². The van der Waals surface area contributed by atoms with Gasteiger partial charge in [0.05, 0.1) is 4.92 Å². The first-order valence-corrected chi connectivity index (χ1v) is 6.63. The normalized spacial score (nSPS) is 10.6. The lowest BCUT2D eigenvalue weighted by Crippen LogP contribution is -2.11. The zero-order chi connectivity index (χ0) is 12.3. The number of thiazole rings is 1. The molecule has 2 rings (SSSR count). The zero-order valence-corrected chi connectivity index (χ0v) is 10.8. The van der Waals surface area contributed by atoms with Crippen molar-refractivity contribution >= 4 is 27.7 Å². The van der Waals surface area contributed by atoms with E-state index in [0.29, 0.717) is 13.1 Å². The van der Waals surface area contributed by atoms with Crippen molar-refractivity contribution in [3.63, 3.8) is 0 Å². The van der Waals surface area contributed by atoms with Crippen molar-refractivity contribution in [1.82, 2.24) is 10.3 Å². The molecule has 17 heavy (non-hydrogen) atoms. The van der Waals surface area contributed by atoms with E-state index in [0.717, 1.165) is 9.88 Å². The number of nitrogens with zero attached hydrogens (tertiary/aromatic N) is 2. The monoisotopic (exact) mass is 269 g/mol. The number of thiophene rings is 1. The highest BCUT2D eigenvalue weighted by Gasteiger charge is 2.09. The van der Waals surface area contributed by atoms with Gasteiger partial charge in [0, 0.05) is 35.1 Å². The van der Waals surface area contributed by atoms with Crippen molar-refractivity contribution in [1.29, 1.82) is 0 Å². The predicted octanol–water partition coefficient (Wildman–Crippen LogP) is 2.71. The first-order chi connectivity index (χ1) is 8.15. The van der Waals surface area contributed by atoms with Crippen molar-refractivity contribution < 1.29 is 4.92 Å². The Kier molecular flexibility index (Phi) is 3.82. The fourth-order valence-electron chi connectivity index (χ4n) is 1.34. The average Bonchev–Trinajstić information content (AvgIpc) is 2.88. The van der Waals surface area contributed by atoms with Crippen LogP contribution in [-0.2, 0) is 13.1 Å². The lowest BCUT2D eigenvalue weighted by atomic mass is 10.4. The van der Waals surface area contributed by atoms with Crippen molar-refractivity contribution in [3.05, 3.63) is 43.2 Å². The number of aryl methyl sites for hydroxylation is 1. The molecular weight excluding hydrogens is 258 g/mol. The molecule has 90 valence electrons. The number of hydrogen-bond acceptors (Lipinski definition) is 6. The summed E-state index contributed by atoms with van der Waals surface area (Å²) in [6.45, 7) is 3.35. The van der Waals surface area contributed by atoms with Gasteiger partial charge in [0.25, 0.3) is 0 Å². The smallest absolute Gasteiger partial charge is 0.306 e. The maximum Gasteiger partial charge on any atom is 0.324 e. The van der Waals surface area contributed by atoms with Crippen molar-refractivity contribution in [2.45, 2.75) is 20.0 Å². The number of nitrogens with one attached hydrogen (secondary N) is 1. The lowest BCUT2D eigenvalue weighted by molar-refractivity contribution is -0.380. The van der Waals surface area contributed by atoms with E-state index in [4.69, 9.17) is 0 Å². The first kappa shape index (κ1) is 12.2. The van der Waals surface area contributed by atoms with Gasteiger partial charge in [-0.15, -0.1) is 11.3 Å². The highest BCUT2D eigenvalue weighted by atomic mass is 32.1. The number of rotatable bonds is 5. The third-order valence-electron chi connectivity index (χ3n) is 2.07. The molecule has 2 heterocycles. The van der Waals surface area contributed by atoms with Gasteiger partial charge in [-0.1, -0.05) is 11.3 Å². The summed E-state index contributed by atoms with van der Waals surface area (Å²) in [4.78, 5) is 16.5. The largest absolute Gasteiger partial charge is 0.324 e. The molecule has 0 saturated carbocycles.